The molecule has 0 spiro atoms. The molecule has 2 aromatic carbocycles. The van der Waals surface area contributed by atoms with Crippen LogP contribution in [0, 0.1) is 6.92 Å². The van der Waals surface area contributed by atoms with E-state index >= 15 is 0 Å². The number of para-hydroxylation sites is 1. The number of nitrogens with one attached hydrogen (secondary N) is 1. The molecule has 3 aromatic rings. The maximum atomic E-state index is 12.3. The number of aromatic hydroxyl groups is 1. The average molecular weight is 389 g/mol. The van der Waals surface area contributed by atoms with E-state index < -0.39 is 0 Å². The zero-order valence-electron chi connectivity index (χ0n) is 16.2. The van der Waals surface area contributed by atoms with Crippen molar-refractivity contribution in [2.75, 3.05) is 18.0 Å². The fraction of sp³-hybridized carbons (Fsp3) is 0.227. The molecule has 1 amide bonds. The van der Waals surface area contributed by atoms with Crippen molar-refractivity contribution in [2.24, 2.45) is 5.10 Å². The second kappa shape index (κ2) is 8.18. The monoisotopic (exact) mass is 389 g/mol. The molecule has 148 valence electrons. The second-order valence-electron chi connectivity index (χ2n) is 7.01. The van der Waals surface area contributed by atoms with E-state index in [1.54, 1.807) is 18.3 Å². The summed E-state index contributed by atoms with van der Waals surface area (Å²) in [7, 11) is 0. The lowest BCUT2D eigenvalue weighted by atomic mass is 10.2. The normalized spacial score (nSPS) is 13.9. The Kier molecular flexibility index (Phi) is 5.29. The van der Waals surface area contributed by atoms with Crippen LogP contribution in [-0.2, 0) is 0 Å². The Bertz CT molecular complexity index is 1040. The zero-order valence-corrected chi connectivity index (χ0v) is 16.2. The number of phenols is 1. The fourth-order valence-corrected chi connectivity index (χ4v) is 3.53. The van der Waals surface area contributed by atoms with E-state index in [0.29, 0.717) is 5.56 Å². The smallest absolute Gasteiger partial charge is 0.271 e. The molecule has 7 nitrogen and oxygen atoms in total. The molecule has 2 N–H and O–H groups in total. The molecule has 0 aliphatic carbocycles. The number of nitrogens with zero attached hydrogens (tertiary/aromatic N) is 4. The minimum atomic E-state index is -0.382. The van der Waals surface area contributed by atoms with E-state index in [4.69, 9.17) is 5.10 Å². The van der Waals surface area contributed by atoms with E-state index in [-0.39, 0.29) is 11.7 Å². The molecule has 7 heteroatoms. The summed E-state index contributed by atoms with van der Waals surface area (Å²) >= 11 is 0. The maximum Gasteiger partial charge on any atom is 0.271 e. The van der Waals surface area contributed by atoms with Gasteiger partial charge in [-0.2, -0.15) is 10.2 Å². The molecule has 0 unspecified atom stereocenters. The largest absolute Gasteiger partial charge is 0.508 e. The third-order valence-corrected chi connectivity index (χ3v) is 4.96. The van der Waals surface area contributed by atoms with Crippen LogP contribution < -0.4 is 10.3 Å². The van der Waals surface area contributed by atoms with E-state index in [0.717, 1.165) is 48.7 Å². The van der Waals surface area contributed by atoms with Crippen molar-refractivity contribution in [3.63, 3.8) is 0 Å². The highest BCUT2D eigenvalue weighted by Crippen LogP contribution is 2.28. The Morgan fingerprint density at radius 2 is 1.90 bits per heavy atom. The lowest BCUT2D eigenvalue weighted by Gasteiger charge is -2.20. The van der Waals surface area contributed by atoms with Gasteiger partial charge in [0, 0.05) is 18.7 Å². The van der Waals surface area contributed by atoms with Gasteiger partial charge in [-0.1, -0.05) is 24.3 Å². The molecule has 0 radical (unpaired) electrons. The van der Waals surface area contributed by atoms with Gasteiger partial charge in [-0.25, -0.2) is 10.1 Å². The Hall–Kier alpha value is -3.61. The summed E-state index contributed by atoms with van der Waals surface area (Å²) in [5, 5.41) is 18.4. The highest BCUT2D eigenvalue weighted by molar-refractivity contribution is 5.96. The average Bonchev–Trinajstić information content (AvgIpc) is 3.37. The number of carbonyl (C=O) groups excluding carboxylic acids is 1. The summed E-state index contributed by atoms with van der Waals surface area (Å²) in [6, 6.07) is 16.2. The predicted molar refractivity (Wildman–Crippen MR) is 113 cm³/mol. The topological polar surface area (TPSA) is 82.8 Å². The predicted octanol–water partition coefficient (Wildman–Crippen LogP) is 3.25. The van der Waals surface area contributed by atoms with Gasteiger partial charge in [0.1, 0.15) is 11.6 Å². The summed E-state index contributed by atoms with van der Waals surface area (Å²) < 4.78 is 1.94. The van der Waals surface area contributed by atoms with Crippen LogP contribution in [-0.4, -0.2) is 40.1 Å². The molecular weight excluding hydrogens is 366 g/mol. The fourth-order valence-electron chi connectivity index (χ4n) is 3.53. The molecule has 1 saturated heterocycles. The molecule has 0 bridgehead atoms. The first-order valence-corrected chi connectivity index (χ1v) is 9.66. The first-order chi connectivity index (χ1) is 14.1. The highest BCUT2D eigenvalue weighted by Gasteiger charge is 2.23. The Morgan fingerprint density at radius 3 is 2.62 bits per heavy atom. The van der Waals surface area contributed by atoms with Crippen molar-refractivity contribution < 1.29 is 9.90 Å². The number of amides is 1. The SMILES string of the molecule is Cc1nn(-c2ccccc2)c(N2CCCC2)c1/C=N\NC(=O)c1cccc(O)c1. The second-order valence-corrected chi connectivity index (χ2v) is 7.01. The zero-order chi connectivity index (χ0) is 20.2. The van der Waals surface area contributed by atoms with Crippen LogP contribution in [0.5, 0.6) is 5.75 Å². The number of carbonyl (C=O) groups is 1. The van der Waals surface area contributed by atoms with Crippen molar-refractivity contribution in [1.29, 1.82) is 0 Å². The summed E-state index contributed by atoms with van der Waals surface area (Å²) in [6.45, 7) is 3.88. The van der Waals surface area contributed by atoms with Gasteiger partial charge in [0.15, 0.2) is 0 Å². The Morgan fingerprint density at radius 1 is 1.14 bits per heavy atom. The molecule has 2 heterocycles. The number of hydrazone groups is 1. The number of rotatable bonds is 5. The van der Waals surface area contributed by atoms with Crippen LogP contribution in [0.25, 0.3) is 5.69 Å². The summed E-state index contributed by atoms with van der Waals surface area (Å²) in [5.41, 5.74) is 5.59. The molecular formula is C22H23N5O2. The van der Waals surface area contributed by atoms with E-state index in [1.165, 1.54) is 12.1 Å². The van der Waals surface area contributed by atoms with Gasteiger partial charge in [-0.15, -0.1) is 0 Å². The first kappa shape index (κ1) is 18.7. The van der Waals surface area contributed by atoms with Crippen molar-refractivity contribution in [3.05, 3.63) is 71.4 Å². The molecule has 1 aromatic heterocycles. The molecule has 4 rings (SSSR count). The van der Waals surface area contributed by atoms with Crippen LogP contribution in [0.15, 0.2) is 59.7 Å². The maximum absolute atomic E-state index is 12.3. The Labute approximate surface area is 169 Å². The third-order valence-electron chi connectivity index (χ3n) is 4.96. The van der Waals surface area contributed by atoms with Gasteiger partial charge in [-0.05, 0) is 50.1 Å². The number of phenolic OH excluding ortho intramolecular Hbond substituents is 1. The summed E-state index contributed by atoms with van der Waals surface area (Å²) in [5.74, 6) is 0.646. The van der Waals surface area contributed by atoms with Crippen molar-refractivity contribution in [3.8, 4) is 11.4 Å². The van der Waals surface area contributed by atoms with Gasteiger partial charge in [-0.3, -0.25) is 4.79 Å². The number of aromatic nitrogens is 2. The first-order valence-electron chi connectivity index (χ1n) is 9.66. The quantitative estimate of drug-likeness (QED) is 0.518. The highest BCUT2D eigenvalue weighted by atomic mass is 16.3. The molecule has 1 fully saturated rings. The Balaban J connectivity index is 1.63. The number of hydrogen-bond donors (Lipinski definition) is 2. The van der Waals surface area contributed by atoms with Crippen LogP contribution in [0.3, 0.4) is 0 Å². The van der Waals surface area contributed by atoms with Crippen molar-refractivity contribution in [2.45, 2.75) is 19.8 Å². The molecule has 0 atom stereocenters. The number of hydrogen-bond acceptors (Lipinski definition) is 5. The van der Waals surface area contributed by atoms with E-state index in [9.17, 15) is 9.90 Å². The van der Waals surface area contributed by atoms with E-state index in [2.05, 4.69) is 15.4 Å². The van der Waals surface area contributed by atoms with Gasteiger partial charge < -0.3 is 10.0 Å². The number of anilines is 1. The van der Waals surface area contributed by atoms with Gasteiger partial charge in [0.25, 0.3) is 5.91 Å². The lowest BCUT2D eigenvalue weighted by Crippen LogP contribution is -2.23. The van der Waals surface area contributed by atoms with Gasteiger partial charge >= 0.3 is 0 Å². The van der Waals surface area contributed by atoms with Crippen LogP contribution >= 0.6 is 0 Å². The van der Waals surface area contributed by atoms with Gasteiger partial charge in [0.05, 0.1) is 23.2 Å². The lowest BCUT2D eigenvalue weighted by molar-refractivity contribution is 0.0954. The van der Waals surface area contributed by atoms with Gasteiger partial charge in [0.2, 0.25) is 0 Å². The standard InChI is InChI=1S/C22H23N5O2/c1-16-20(15-23-24-21(29)17-8-7-11-19(28)14-17)22(26-12-5-6-13-26)27(25-16)18-9-3-2-4-10-18/h2-4,7-11,14-15,28H,5-6,12-13H2,1H3,(H,24,29)/b23-15-. The van der Waals surface area contributed by atoms with Crippen LogP contribution in [0.4, 0.5) is 5.82 Å². The minimum absolute atomic E-state index is 0.0398. The molecule has 0 saturated carbocycles. The minimum Gasteiger partial charge on any atom is -0.508 e. The molecule has 1 aliphatic heterocycles. The van der Waals surface area contributed by atoms with Crippen LogP contribution in [0.1, 0.15) is 34.5 Å². The summed E-state index contributed by atoms with van der Waals surface area (Å²) in [6.07, 6.45) is 3.93. The molecule has 1 aliphatic rings. The molecule has 29 heavy (non-hydrogen) atoms. The third kappa shape index (κ3) is 3.99. The van der Waals surface area contributed by atoms with Crippen LogP contribution in [0.2, 0.25) is 0 Å². The summed E-state index contributed by atoms with van der Waals surface area (Å²) in [4.78, 5) is 14.6. The van der Waals surface area contributed by atoms with Crippen molar-refractivity contribution >= 4 is 17.9 Å². The van der Waals surface area contributed by atoms with E-state index in [1.807, 2.05) is 41.9 Å². The number of aryl methyl sites for hydroxylation is 1. The van der Waals surface area contributed by atoms with Crippen molar-refractivity contribution in [1.82, 2.24) is 15.2 Å². The number of benzene rings is 2.